The quantitative estimate of drug-likeness (QED) is 0.358. The van der Waals surface area contributed by atoms with Gasteiger partial charge in [-0.25, -0.2) is 4.79 Å². The summed E-state index contributed by atoms with van der Waals surface area (Å²) in [5.41, 5.74) is 0. The monoisotopic (exact) mass is 164 g/mol. The Morgan fingerprint density at radius 2 is 1.62 bits per heavy atom. The molecule has 0 unspecified atom stereocenters. The molecule has 0 aliphatic rings. The van der Waals surface area contributed by atoms with Crippen molar-refractivity contribution in [2.24, 2.45) is 0 Å². The van der Waals surface area contributed by atoms with E-state index in [2.05, 4.69) is 19.7 Å². The first kappa shape index (κ1) is 15.6. The molecule has 0 saturated heterocycles. The third-order valence-electron chi connectivity index (χ3n) is 0.175. The fraction of sp³-hybridized carbons (Fsp3) is 0. The number of hydrogen-bond donors (Lipinski definition) is 1. The van der Waals surface area contributed by atoms with Gasteiger partial charge in [-0.15, -0.1) is 13.2 Å². The summed E-state index contributed by atoms with van der Waals surface area (Å²) < 4.78 is 0. The normalized spacial score (nSPS) is 4.50. The molecule has 0 aliphatic heterocycles. The molecule has 0 aromatic carbocycles. The van der Waals surface area contributed by atoms with Gasteiger partial charge in [-0.05, 0) is 0 Å². The van der Waals surface area contributed by atoms with E-state index in [1.165, 1.54) is 0 Å². The molecule has 0 heterocycles. The maximum atomic E-state index is 9.25. The zero-order valence-electron chi connectivity index (χ0n) is 4.76. The fourth-order valence-electron chi connectivity index (χ4n) is 0. The molecule has 0 atom stereocenters. The smallest absolute Gasteiger partial charge is 0.327 e. The first-order valence-electron chi connectivity index (χ1n) is 1.62. The van der Waals surface area contributed by atoms with Crippen LogP contribution in [0.1, 0.15) is 0 Å². The fourth-order valence-corrected chi connectivity index (χ4v) is 0. The predicted octanol–water partition coefficient (Wildman–Crippen LogP) is 1.06. The van der Waals surface area contributed by atoms with Gasteiger partial charge in [-0.2, -0.15) is 0 Å². The Hall–Kier alpha value is -0.427. The first-order chi connectivity index (χ1) is 3.27. The first-order valence-corrected chi connectivity index (χ1v) is 1.62. The Morgan fingerprint density at radius 3 is 1.62 bits per heavy atom. The topological polar surface area (TPSA) is 37.3 Å². The SMILES string of the molecule is C=C.C=CC(=O)O.[Zn]. The van der Waals surface area contributed by atoms with E-state index in [1.54, 1.807) is 0 Å². The molecule has 3 heteroatoms. The van der Waals surface area contributed by atoms with Crippen LogP contribution in [0.25, 0.3) is 0 Å². The molecule has 42 valence electrons. The second-order valence-electron chi connectivity index (χ2n) is 0.542. The Morgan fingerprint density at radius 1 is 1.50 bits per heavy atom. The van der Waals surface area contributed by atoms with Crippen LogP contribution in [0.4, 0.5) is 0 Å². The number of hydrogen-bond acceptors (Lipinski definition) is 1. The number of aliphatic carboxylic acids is 1. The summed E-state index contributed by atoms with van der Waals surface area (Å²) in [6, 6.07) is 0. The molecule has 0 aliphatic carbocycles. The molecule has 0 saturated carbocycles. The van der Waals surface area contributed by atoms with Crippen molar-refractivity contribution in [1.82, 2.24) is 0 Å². The zero-order chi connectivity index (χ0) is 6.28. The van der Waals surface area contributed by atoms with Crippen molar-refractivity contribution in [2.75, 3.05) is 0 Å². The summed E-state index contributed by atoms with van der Waals surface area (Å²) in [6.45, 7) is 8.96. The molecule has 0 aromatic heterocycles. The van der Waals surface area contributed by atoms with E-state index in [9.17, 15) is 4.79 Å². The van der Waals surface area contributed by atoms with E-state index in [-0.39, 0.29) is 19.5 Å². The van der Waals surface area contributed by atoms with Gasteiger partial charge in [0.05, 0.1) is 0 Å². The minimum absolute atomic E-state index is 0. The van der Waals surface area contributed by atoms with Crippen molar-refractivity contribution < 1.29 is 29.4 Å². The largest absolute Gasteiger partial charge is 0.478 e. The second-order valence-corrected chi connectivity index (χ2v) is 0.542. The molecular weight excluding hydrogens is 157 g/mol. The minimum Gasteiger partial charge on any atom is -0.478 e. The number of carboxylic acid groups (broad SMARTS) is 1. The van der Waals surface area contributed by atoms with Crippen molar-refractivity contribution in [2.45, 2.75) is 0 Å². The van der Waals surface area contributed by atoms with E-state index in [4.69, 9.17) is 5.11 Å². The van der Waals surface area contributed by atoms with Crippen molar-refractivity contribution in [3.05, 3.63) is 25.8 Å². The van der Waals surface area contributed by atoms with Crippen LogP contribution in [-0.2, 0) is 24.3 Å². The number of carboxylic acids is 1. The molecule has 0 amide bonds. The van der Waals surface area contributed by atoms with Crippen molar-refractivity contribution in [3.8, 4) is 0 Å². The summed E-state index contributed by atoms with van der Waals surface area (Å²) in [7, 11) is 0. The van der Waals surface area contributed by atoms with Crippen molar-refractivity contribution in [3.63, 3.8) is 0 Å². The van der Waals surface area contributed by atoms with Gasteiger partial charge in [-0.1, -0.05) is 6.58 Å². The van der Waals surface area contributed by atoms with E-state index in [1.807, 2.05) is 0 Å². The van der Waals surface area contributed by atoms with Crippen LogP contribution in [0.15, 0.2) is 25.8 Å². The van der Waals surface area contributed by atoms with Crippen molar-refractivity contribution >= 4 is 5.97 Å². The van der Waals surface area contributed by atoms with Crippen LogP contribution in [0.2, 0.25) is 0 Å². The Balaban J connectivity index is -0.0000000750. The molecule has 0 aromatic rings. The van der Waals surface area contributed by atoms with Crippen LogP contribution < -0.4 is 0 Å². The van der Waals surface area contributed by atoms with Gasteiger partial charge in [0.1, 0.15) is 0 Å². The Labute approximate surface area is 61.7 Å². The maximum Gasteiger partial charge on any atom is 0.327 e. The third-order valence-corrected chi connectivity index (χ3v) is 0.175. The van der Waals surface area contributed by atoms with Crippen LogP contribution in [-0.4, -0.2) is 11.1 Å². The van der Waals surface area contributed by atoms with Gasteiger partial charge in [0.25, 0.3) is 0 Å². The summed E-state index contributed by atoms with van der Waals surface area (Å²) in [4.78, 5) is 9.25. The molecular formula is C5H8O2Zn. The molecule has 0 bridgehead atoms. The average Bonchev–Trinajstić information content (AvgIpc) is 1.73. The predicted molar refractivity (Wildman–Crippen MR) is 29.1 cm³/mol. The van der Waals surface area contributed by atoms with Gasteiger partial charge in [0, 0.05) is 25.6 Å². The van der Waals surface area contributed by atoms with E-state index < -0.39 is 5.97 Å². The summed E-state index contributed by atoms with van der Waals surface area (Å²) in [5, 5.41) is 7.60. The van der Waals surface area contributed by atoms with Crippen LogP contribution >= 0.6 is 0 Å². The standard InChI is InChI=1S/C3H4O2.C2H4.Zn/c1-2-3(4)5;1-2;/h2H,1H2,(H,4,5);1-2H2;. The van der Waals surface area contributed by atoms with E-state index >= 15 is 0 Å². The van der Waals surface area contributed by atoms with Gasteiger partial charge < -0.3 is 5.11 Å². The molecule has 2 nitrogen and oxygen atoms in total. The maximum absolute atomic E-state index is 9.25. The van der Waals surface area contributed by atoms with Gasteiger partial charge in [-0.3, -0.25) is 0 Å². The molecule has 1 N–H and O–H groups in total. The zero-order valence-corrected chi connectivity index (χ0v) is 7.73. The molecule has 0 radical (unpaired) electrons. The number of carbonyl (C=O) groups is 1. The van der Waals surface area contributed by atoms with E-state index in [0.717, 1.165) is 6.08 Å². The van der Waals surface area contributed by atoms with E-state index in [0.29, 0.717) is 0 Å². The molecule has 0 spiro atoms. The van der Waals surface area contributed by atoms with Crippen LogP contribution in [0, 0.1) is 0 Å². The molecule has 0 rings (SSSR count). The Bertz CT molecular complexity index is 70.8. The molecule has 8 heavy (non-hydrogen) atoms. The third kappa shape index (κ3) is 47.1. The summed E-state index contributed by atoms with van der Waals surface area (Å²) >= 11 is 0. The van der Waals surface area contributed by atoms with Crippen molar-refractivity contribution in [1.29, 1.82) is 0 Å². The van der Waals surface area contributed by atoms with Crippen LogP contribution in [0.5, 0.6) is 0 Å². The second kappa shape index (κ2) is 16.0. The minimum atomic E-state index is -0.981. The average molecular weight is 166 g/mol. The van der Waals surface area contributed by atoms with Gasteiger partial charge in [0.15, 0.2) is 0 Å². The summed E-state index contributed by atoms with van der Waals surface area (Å²) in [6.07, 6.45) is 0.833. The number of rotatable bonds is 1. The summed E-state index contributed by atoms with van der Waals surface area (Å²) in [5.74, 6) is -0.981. The van der Waals surface area contributed by atoms with Crippen LogP contribution in [0.3, 0.4) is 0 Å². The van der Waals surface area contributed by atoms with Gasteiger partial charge >= 0.3 is 5.97 Å². The van der Waals surface area contributed by atoms with Gasteiger partial charge in [0.2, 0.25) is 0 Å². The molecule has 0 fully saturated rings. The Kier molecular flexibility index (Phi) is 31.3.